The third-order valence-corrected chi connectivity index (χ3v) is 4.96. The quantitative estimate of drug-likeness (QED) is 0.559. The highest BCUT2D eigenvalue weighted by molar-refractivity contribution is 5.82. The molecule has 0 unspecified atom stereocenters. The number of para-hydroxylation sites is 1. The van der Waals surface area contributed by atoms with E-state index >= 15 is 0 Å². The summed E-state index contributed by atoms with van der Waals surface area (Å²) in [6.07, 6.45) is 2.57. The van der Waals surface area contributed by atoms with Gasteiger partial charge in [-0.1, -0.05) is 44.2 Å². The van der Waals surface area contributed by atoms with E-state index in [-0.39, 0.29) is 23.7 Å². The molecule has 1 saturated carbocycles. The van der Waals surface area contributed by atoms with E-state index in [9.17, 15) is 14.0 Å². The van der Waals surface area contributed by atoms with Crippen LogP contribution in [-0.2, 0) is 20.9 Å². The molecule has 1 aliphatic carbocycles. The Balaban J connectivity index is 1.62. The van der Waals surface area contributed by atoms with Crippen LogP contribution in [0.3, 0.4) is 0 Å². The number of ether oxygens (including phenoxy) is 2. The van der Waals surface area contributed by atoms with Gasteiger partial charge >= 0.3 is 11.9 Å². The third kappa shape index (κ3) is 4.39. The summed E-state index contributed by atoms with van der Waals surface area (Å²) in [4.78, 5) is 23.1. The second-order valence-electron chi connectivity index (χ2n) is 7.31. The maximum atomic E-state index is 14.0. The number of aliphatic carboxylic acids is 1. The highest BCUT2D eigenvalue weighted by Crippen LogP contribution is 2.59. The fourth-order valence-corrected chi connectivity index (χ4v) is 3.25. The number of carbonyl (C=O) groups excluding carboxylic acids is 1. The SMILES string of the molecule is CC1(C)[C@H](C(=O)OCc2ccc(F)c(Oc3ccccc3)c2)[C@@H]1C=CC(=O)O. The van der Waals surface area contributed by atoms with E-state index in [0.29, 0.717) is 11.3 Å². The minimum atomic E-state index is -1.05. The number of carbonyl (C=O) groups is 2. The smallest absolute Gasteiger partial charge is 0.327 e. The molecule has 2 aromatic rings. The lowest BCUT2D eigenvalue weighted by atomic mass is 10.1. The maximum Gasteiger partial charge on any atom is 0.327 e. The number of esters is 1. The van der Waals surface area contributed by atoms with Crippen molar-refractivity contribution in [2.75, 3.05) is 0 Å². The molecule has 2 aromatic carbocycles. The summed E-state index contributed by atoms with van der Waals surface area (Å²) in [5, 5.41) is 8.75. The highest BCUT2D eigenvalue weighted by atomic mass is 19.1. The van der Waals surface area contributed by atoms with Gasteiger partial charge in [-0.3, -0.25) is 4.79 Å². The topological polar surface area (TPSA) is 72.8 Å². The van der Waals surface area contributed by atoms with Crippen LogP contribution in [-0.4, -0.2) is 17.0 Å². The van der Waals surface area contributed by atoms with Crippen LogP contribution >= 0.6 is 0 Å². The average Bonchev–Trinajstić information content (AvgIpc) is 3.22. The van der Waals surface area contributed by atoms with E-state index in [4.69, 9.17) is 14.6 Å². The lowest BCUT2D eigenvalue weighted by Gasteiger charge is -2.10. The first-order valence-corrected chi connectivity index (χ1v) is 8.88. The van der Waals surface area contributed by atoms with Crippen molar-refractivity contribution in [2.45, 2.75) is 20.5 Å². The molecule has 0 aliphatic heterocycles. The second-order valence-corrected chi connectivity index (χ2v) is 7.31. The van der Waals surface area contributed by atoms with Crippen molar-refractivity contribution in [3.05, 3.63) is 72.1 Å². The van der Waals surface area contributed by atoms with Gasteiger partial charge in [0.15, 0.2) is 11.6 Å². The van der Waals surface area contributed by atoms with E-state index in [1.807, 2.05) is 19.9 Å². The van der Waals surface area contributed by atoms with Gasteiger partial charge in [-0.2, -0.15) is 0 Å². The Morgan fingerprint density at radius 1 is 1.18 bits per heavy atom. The molecule has 2 atom stereocenters. The largest absolute Gasteiger partial charge is 0.478 e. The standard InChI is InChI=1S/C22H21FO5/c1-22(2)16(9-11-19(24)25)20(22)21(26)27-13-14-8-10-17(23)18(12-14)28-15-6-4-3-5-7-15/h3-12,16,20H,13H2,1-2H3,(H,24,25)/t16-,20-/m0/s1. The summed E-state index contributed by atoms with van der Waals surface area (Å²) in [5.74, 6) is -1.99. The van der Waals surface area contributed by atoms with Crippen molar-refractivity contribution < 1.29 is 28.6 Å². The first kappa shape index (κ1) is 19.6. The van der Waals surface area contributed by atoms with Crippen LogP contribution in [0.15, 0.2) is 60.7 Å². The lowest BCUT2D eigenvalue weighted by molar-refractivity contribution is -0.147. The zero-order chi connectivity index (χ0) is 20.3. The summed E-state index contributed by atoms with van der Waals surface area (Å²) < 4.78 is 24.9. The number of rotatable bonds is 7. The summed E-state index contributed by atoms with van der Waals surface area (Å²) in [6.45, 7) is 3.76. The summed E-state index contributed by atoms with van der Waals surface area (Å²) in [7, 11) is 0. The summed E-state index contributed by atoms with van der Waals surface area (Å²) in [6, 6.07) is 13.1. The molecule has 0 spiro atoms. The van der Waals surface area contributed by atoms with Crippen molar-refractivity contribution in [1.82, 2.24) is 0 Å². The van der Waals surface area contributed by atoms with E-state index in [1.165, 1.54) is 24.3 Å². The Hall–Kier alpha value is -3.15. The molecule has 3 rings (SSSR count). The van der Waals surface area contributed by atoms with Gasteiger partial charge in [0, 0.05) is 6.08 Å². The molecule has 28 heavy (non-hydrogen) atoms. The Labute approximate surface area is 162 Å². The molecule has 0 heterocycles. The zero-order valence-electron chi connectivity index (χ0n) is 15.6. The Morgan fingerprint density at radius 2 is 1.89 bits per heavy atom. The van der Waals surface area contributed by atoms with Gasteiger partial charge < -0.3 is 14.6 Å². The highest BCUT2D eigenvalue weighted by Gasteiger charge is 2.61. The van der Waals surface area contributed by atoms with Gasteiger partial charge in [-0.15, -0.1) is 0 Å². The van der Waals surface area contributed by atoms with Gasteiger partial charge in [0.1, 0.15) is 12.4 Å². The van der Waals surface area contributed by atoms with Gasteiger partial charge in [0.2, 0.25) is 0 Å². The number of allylic oxidation sites excluding steroid dienone is 1. The number of halogens is 1. The predicted molar refractivity (Wildman–Crippen MR) is 100 cm³/mol. The first-order chi connectivity index (χ1) is 13.3. The van der Waals surface area contributed by atoms with E-state index < -0.39 is 23.7 Å². The molecule has 6 heteroatoms. The maximum absolute atomic E-state index is 14.0. The van der Waals surface area contributed by atoms with Crippen LogP contribution in [0.4, 0.5) is 4.39 Å². The molecular weight excluding hydrogens is 363 g/mol. The molecule has 0 saturated heterocycles. The molecule has 0 amide bonds. The first-order valence-electron chi connectivity index (χ1n) is 8.88. The predicted octanol–water partition coefficient (Wildman–Crippen LogP) is 4.57. The normalized spacial score (nSPS) is 20.0. The number of carboxylic acid groups (broad SMARTS) is 1. The van der Waals surface area contributed by atoms with Gasteiger partial charge in [-0.25, -0.2) is 9.18 Å². The Morgan fingerprint density at radius 3 is 2.57 bits per heavy atom. The Kier molecular flexibility index (Phi) is 5.49. The van der Waals surface area contributed by atoms with Crippen LogP contribution < -0.4 is 4.74 Å². The molecular formula is C22H21FO5. The molecule has 0 aromatic heterocycles. The fourth-order valence-electron chi connectivity index (χ4n) is 3.25. The van der Waals surface area contributed by atoms with Gasteiger partial charge in [0.25, 0.3) is 0 Å². The molecule has 0 radical (unpaired) electrons. The van der Waals surface area contributed by atoms with E-state index in [1.54, 1.807) is 24.3 Å². The molecule has 1 fully saturated rings. The van der Waals surface area contributed by atoms with Crippen LogP contribution in [0.5, 0.6) is 11.5 Å². The second kappa shape index (κ2) is 7.84. The van der Waals surface area contributed by atoms with Crippen LogP contribution in [0, 0.1) is 23.1 Å². The molecule has 146 valence electrons. The number of carboxylic acids is 1. The van der Waals surface area contributed by atoms with Crippen molar-refractivity contribution in [3.8, 4) is 11.5 Å². The van der Waals surface area contributed by atoms with Gasteiger partial charge in [-0.05, 0) is 41.2 Å². The van der Waals surface area contributed by atoms with Crippen LogP contribution in [0.1, 0.15) is 19.4 Å². The minimum Gasteiger partial charge on any atom is -0.478 e. The van der Waals surface area contributed by atoms with Crippen LogP contribution in [0.25, 0.3) is 0 Å². The number of hydrogen-bond acceptors (Lipinski definition) is 4. The van der Waals surface area contributed by atoms with Crippen LogP contribution in [0.2, 0.25) is 0 Å². The molecule has 1 N–H and O–H groups in total. The Bertz CT molecular complexity index is 904. The summed E-state index contributed by atoms with van der Waals surface area (Å²) >= 11 is 0. The van der Waals surface area contributed by atoms with Crippen molar-refractivity contribution in [3.63, 3.8) is 0 Å². The summed E-state index contributed by atoms with van der Waals surface area (Å²) in [5.41, 5.74) is 0.240. The lowest BCUT2D eigenvalue weighted by Crippen LogP contribution is -2.10. The zero-order valence-corrected chi connectivity index (χ0v) is 15.6. The number of hydrogen-bond donors (Lipinski definition) is 1. The average molecular weight is 384 g/mol. The molecule has 1 aliphatic rings. The van der Waals surface area contributed by atoms with Gasteiger partial charge in [0.05, 0.1) is 5.92 Å². The van der Waals surface area contributed by atoms with Crippen molar-refractivity contribution in [2.24, 2.45) is 17.3 Å². The number of benzene rings is 2. The monoisotopic (exact) mass is 384 g/mol. The minimum absolute atomic E-state index is 0.0216. The van der Waals surface area contributed by atoms with Crippen molar-refractivity contribution >= 4 is 11.9 Å². The van der Waals surface area contributed by atoms with Crippen molar-refractivity contribution in [1.29, 1.82) is 0 Å². The fraction of sp³-hybridized carbons (Fsp3) is 0.273. The molecule has 0 bridgehead atoms. The van der Waals surface area contributed by atoms with E-state index in [2.05, 4.69) is 0 Å². The third-order valence-electron chi connectivity index (χ3n) is 4.96. The molecule has 5 nitrogen and oxygen atoms in total. The van der Waals surface area contributed by atoms with E-state index in [0.717, 1.165) is 6.08 Å².